The summed E-state index contributed by atoms with van der Waals surface area (Å²) in [7, 11) is -2.70. The van der Waals surface area contributed by atoms with E-state index in [2.05, 4.69) is 416 Å². The van der Waals surface area contributed by atoms with Crippen molar-refractivity contribution < 1.29 is 13.6 Å². The Morgan fingerprint density at radius 2 is 0.346 bits per heavy atom. The van der Waals surface area contributed by atoms with Gasteiger partial charge in [0.25, 0.3) is 0 Å². The molecular weight excluding hydrogens is 1590 g/mol. The first-order valence-corrected chi connectivity index (χ1v) is 54.0. The van der Waals surface area contributed by atoms with Crippen LogP contribution >= 0.6 is 8.60 Å². The maximum Gasteiger partial charge on any atom is 0.336 e. The molecule has 6 rings (SSSR count). The molecule has 3 nitrogen and oxygen atoms in total. The molecule has 0 aliphatic rings. The highest BCUT2D eigenvalue weighted by Crippen LogP contribution is 2.66. The van der Waals surface area contributed by atoms with Gasteiger partial charge in [0.2, 0.25) is 0 Å². The lowest BCUT2D eigenvalue weighted by atomic mass is 9.68. The van der Waals surface area contributed by atoms with Crippen molar-refractivity contribution in [1.82, 2.24) is 0 Å². The molecule has 0 fully saturated rings. The Labute approximate surface area is 807 Å². The van der Waals surface area contributed by atoms with Crippen LogP contribution in [-0.2, 0) is 95.4 Å². The second kappa shape index (κ2) is 47.3. The van der Waals surface area contributed by atoms with E-state index in [0.717, 1.165) is 57.8 Å². The van der Waals surface area contributed by atoms with Gasteiger partial charge in [0, 0.05) is 16.2 Å². The molecule has 0 N–H and O–H groups in total. The smallest absolute Gasteiger partial charge is 0.296 e. The van der Waals surface area contributed by atoms with E-state index in [-0.39, 0.29) is 65.0 Å². The van der Waals surface area contributed by atoms with Gasteiger partial charge in [-0.1, -0.05) is 549 Å². The van der Waals surface area contributed by atoms with Crippen LogP contribution in [0.25, 0.3) is 0 Å². The van der Waals surface area contributed by atoms with Gasteiger partial charge in [0.15, 0.2) is 0 Å². The van der Waals surface area contributed by atoms with Crippen LogP contribution in [0, 0.1) is 0 Å². The fraction of sp³-hybridized carbons (Fsp3) is 0.667. The van der Waals surface area contributed by atoms with Gasteiger partial charge >= 0.3 is 8.60 Å². The highest BCUT2D eigenvalue weighted by atomic mass is 31.2. The first kappa shape index (κ1) is 114. The van der Waals surface area contributed by atoms with Crippen LogP contribution in [0.1, 0.15) is 563 Å². The van der Waals surface area contributed by atoms with Gasteiger partial charge in [-0.05, 0) is 208 Å². The number of rotatable bonds is 48. The molecule has 3 atom stereocenters. The summed E-state index contributed by atoms with van der Waals surface area (Å²) in [5.74, 6) is 0. The molecule has 6 aromatic carbocycles. The van der Waals surface area contributed by atoms with Gasteiger partial charge in [0.05, 0.1) is 0 Å². The van der Waals surface area contributed by atoms with E-state index >= 15 is 0 Å². The second-order valence-corrected chi connectivity index (χ2v) is 52.2. The molecule has 0 spiro atoms. The lowest BCUT2D eigenvalue weighted by Gasteiger charge is -2.49. The number of unbranched alkanes of at least 4 members (excludes halogenated alkanes) is 24. The lowest BCUT2D eigenvalue weighted by Crippen LogP contribution is -2.42. The van der Waals surface area contributed by atoms with Crippen molar-refractivity contribution in [2.24, 2.45) is 0 Å². The minimum Gasteiger partial charge on any atom is -0.296 e. The molecule has 0 amide bonds. The van der Waals surface area contributed by atoms with Crippen LogP contribution in [0.5, 0.6) is 0 Å². The molecule has 0 saturated heterocycles. The average molecular weight is 1790 g/mol. The third-order valence-electron chi connectivity index (χ3n) is 28.7. The summed E-state index contributed by atoms with van der Waals surface area (Å²) in [5, 5.41) is 0. The molecule has 4 heteroatoms. The molecule has 728 valence electrons. The number of hydrogen-bond donors (Lipinski definition) is 0. The van der Waals surface area contributed by atoms with Crippen molar-refractivity contribution in [2.45, 2.75) is 544 Å². The molecule has 0 aromatic heterocycles. The zero-order valence-corrected chi connectivity index (χ0v) is 93.1. The largest absolute Gasteiger partial charge is 0.336 e. The third-order valence-corrected chi connectivity index (χ3v) is 30.1. The Bertz CT molecular complexity index is 4090. The number of hydrogen-bond acceptors (Lipinski definition) is 3. The maximum atomic E-state index is 9.90. The zero-order valence-electron chi connectivity index (χ0n) is 92.2. The van der Waals surface area contributed by atoms with Gasteiger partial charge in [-0.15, -0.1) is 0 Å². The van der Waals surface area contributed by atoms with Crippen molar-refractivity contribution >= 4 is 8.60 Å². The minimum atomic E-state index is -2.70. The molecular formula is C126H201O3P. The van der Waals surface area contributed by atoms with Crippen molar-refractivity contribution in [1.29, 1.82) is 0 Å². The first-order valence-electron chi connectivity index (χ1n) is 52.9. The maximum absolute atomic E-state index is 9.90. The molecule has 0 saturated carbocycles. The quantitative estimate of drug-likeness (QED) is 0.0216. The minimum absolute atomic E-state index is 0.163. The summed E-state index contributed by atoms with van der Waals surface area (Å²) in [5.41, 5.74) is 15.5. The zero-order chi connectivity index (χ0) is 97.8. The van der Waals surface area contributed by atoms with Gasteiger partial charge < -0.3 is 0 Å². The summed E-state index contributed by atoms with van der Waals surface area (Å²) in [6.07, 6.45) is 48.3. The van der Waals surface area contributed by atoms with Gasteiger partial charge in [-0.2, -0.15) is 0 Å². The van der Waals surface area contributed by atoms with E-state index in [4.69, 9.17) is 0 Å². The van der Waals surface area contributed by atoms with Crippen molar-refractivity contribution in [3.63, 3.8) is 0 Å². The Kier molecular flexibility index (Phi) is 41.3. The van der Waals surface area contributed by atoms with E-state index in [0.29, 0.717) is 19.3 Å². The molecule has 0 bridgehead atoms. The number of allylic oxidation sites excluding steroid dienone is 6. The summed E-state index contributed by atoms with van der Waals surface area (Å²) < 4.78 is 29.7. The molecule has 0 aliphatic heterocycles. The second-order valence-electron chi connectivity index (χ2n) is 51.2. The number of benzene rings is 6. The Balaban J connectivity index is 2.22. The third kappa shape index (κ3) is 30.7. The highest BCUT2D eigenvalue weighted by molar-refractivity contribution is 7.41. The van der Waals surface area contributed by atoms with E-state index in [1.54, 1.807) is 0 Å². The lowest BCUT2D eigenvalue weighted by molar-refractivity contribution is -0.0278. The monoisotopic (exact) mass is 1790 g/mol. The fourth-order valence-electron chi connectivity index (χ4n) is 20.4. The van der Waals surface area contributed by atoms with Crippen LogP contribution in [0.2, 0.25) is 0 Å². The Hall–Kier alpha value is -5.15. The van der Waals surface area contributed by atoms with E-state index in [1.807, 2.05) is 0 Å². The fourth-order valence-corrected chi connectivity index (χ4v) is 22.1. The van der Waals surface area contributed by atoms with Crippen LogP contribution in [0.15, 0.2) is 146 Å². The summed E-state index contributed by atoms with van der Waals surface area (Å²) in [6.45, 7) is 94.3. The van der Waals surface area contributed by atoms with E-state index in [9.17, 15) is 13.6 Å². The summed E-state index contributed by atoms with van der Waals surface area (Å²) in [6, 6.07) is 46.2. The van der Waals surface area contributed by atoms with Crippen LogP contribution in [0.4, 0.5) is 0 Å². The standard InChI is InChI=1S/C126H201O3P/c1-40-46-49-52-55-58-61-64-67-85-124(100-76-70-94(112(7,8)9)88-106(100)115(16,17)18,103-79-73-97(121(34,35)82-43-4)91-109(103)118(25,26)27)127-130(128-125(86-68-65-62-59-56-53-50-47-41-2,101-77-71-95(113(10,11)12)89-107(101)116(19,20)21)104-80-74-98(122(36,37)83-44-5)92-110(104)119(28,29)30)129-126(87-69-66-63-60-57-54-51-48-42-3,102-78-72-96(114(13,14)15)90-108(102)117(22,23)24)105-81-75-99(123(38,39)84-45-6)93-111(105)120(31,32)33/h43-45,70-84,88-93H,40-42,46-69,85-87H2,1-39H3/b82-43+,83-44+,84-45+. The summed E-state index contributed by atoms with van der Waals surface area (Å²) >= 11 is 0. The normalized spacial score (nSPS) is 15.3. The molecule has 0 heterocycles. The average Bonchev–Trinajstić information content (AvgIpc) is 0.715. The highest BCUT2D eigenvalue weighted by Gasteiger charge is 2.55. The molecule has 3 unspecified atom stereocenters. The predicted octanol–water partition coefficient (Wildman–Crippen LogP) is 40.1. The molecule has 0 aliphatic carbocycles. The van der Waals surface area contributed by atoms with Gasteiger partial charge in [-0.25, -0.2) is 0 Å². The summed E-state index contributed by atoms with van der Waals surface area (Å²) in [4.78, 5) is 0. The predicted molar refractivity (Wildman–Crippen MR) is 579 cm³/mol. The Morgan fingerprint density at radius 1 is 0.192 bits per heavy atom. The SMILES string of the molecule is C/C=C/C(C)(C)c1ccc(C(CCCCCCCCCCC)(OP(OC(CCCCCCCCCCC)(c2ccc(C(C)(C)C)cc2C(C)(C)C)c2ccc(C(C)(C)/C=C/C)cc2C(C)(C)C)OC(CCCCCCCCCCC)(c2ccc(C(C)(C)C)cc2C(C)(C)C)c2ccc(C(C)(C)/C=C/C)cc2C(C)(C)C)c2ccc(C(C)(C)C)cc2C(C)(C)C)c(C(C)(C)C)c1. The first-order chi connectivity index (χ1) is 60.1. The molecule has 130 heavy (non-hydrogen) atoms. The van der Waals surface area contributed by atoms with E-state index in [1.165, 1.54) is 216 Å². The van der Waals surface area contributed by atoms with Crippen LogP contribution in [-0.4, -0.2) is 0 Å². The van der Waals surface area contributed by atoms with Gasteiger partial charge in [-0.3, -0.25) is 13.6 Å². The van der Waals surface area contributed by atoms with Crippen LogP contribution in [0.3, 0.4) is 0 Å². The van der Waals surface area contributed by atoms with Crippen molar-refractivity contribution in [3.8, 4) is 0 Å². The van der Waals surface area contributed by atoms with Gasteiger partial charge in [0.1, 0.15) is 16.8 Å². The topological polar surface area (TPSA) is 27.7 Å². The van der Waals surface area contributed by atoms with Crippen molar-refractivity contribution in [3.05, 3.63) is 246 Å². The van der Waals surface area contributed by atoms with Crippen LogP contribution < -0.4 is 0 Å². The Morgan fingerprint density at radius 3 is 0.500 bits per heavy atom. The van der Waals surface area contributed by atoms with Crippen molar-refractivity contribution in [2.75, 3.05) is 0 Å². The molecule has 6 aromatic rings. The van der Waals surface area contributed by atoms with E-state index < -0.39 is 25.4 Å². The molecule has 0 radical (unpaired) electrons.